The Morgan fingerprint density at radius 3 is 2.39 bits per heavy atom. The number of hydrogen-bond acceptors (Lipinski definition) is 6. The Kier molecular flexibility index (Phi) is 7.00. The molecule has 0 fully saturated rings. The second-order valence-corrected chi connectivity index (χ2v) is 6.99. The number of nitrogens with one attached hydrogen (secondary N) is 1. The molecule has 28 heavy (non-hydrogen) atoms. The van der Waals surface area contributed by atoms with Crippen LogP contribution in [0.25, 0.3) is 0 Å². The van der Waals surface area contributed by atoms with E-state index in [2.05, 4.69) is 10.3 Å². The smallest absolute Gasteiger partial charge is 0.275 e. The van der Waals surface area contributed by atoms with Crippen LogP contribution >= 0.6 is 11.3 Å². The first-order valence-corrected chi connectivity index (χ1v) is 9.69. The number of hydrogen-bond donors (Lipinski definition) is 1. The van der Waals surface area contributed by atoms with E-state index < -0.39 is 0 Å². The second-order valence-electron chi connectivity index (χ2n) is 6.05. The van der Waals surface area contributed by atoms with Crippen LogP contribution in [-0.2, 0) is 11.3 Å². The SMILES string of the molecule is COCCOc1ccc(NC(=O)c2csc(COc3ccc(C)cc3)n2)cc1. The number of carbonyl (C=O) groups is 1. The van der Waals surface area contributed by atoms with Crippen LogP contribution in [0.2, 0.25) is 0 Å². The normalized spacial score (nSPS) is 10.5. The maximum Gasteiger partial charge on any atom is 0.275 e. The number of methoxy groups -OCH3 is 1. The third-order valence-corrected chi connectivity index (χ3v) is 4.66. The molecule has 1 heterocycles. The topological polar surface area (TPSA) is 69.7 Å². The molecule has 6 nitrogen and oxygen atoms in total. The minimum atomic E-state index is -0.258. The van der Waals surface area contributed by atoms with E-state index in [-0.39, 0.29) is 5.91 Å². The summed E-state index contributed by atoms with van der Waals surface area (Å²) in [5, 5.41) is 5.30. The molecular formula is C21H22N2O4S. The monoisotopic (exact) mass is 398 g/mol. The van der Waals surface area contributed by atoms with E-state index in [0.29, 0.717) is 31.2 Å². The predicted molar refractivity (Wildman–Crippen MR) is 109 cm³/mol. The molecule has 0 spiro atoms. The third kappa shape index (κ3) is 5.80. The molecule has 0 aliphatic carbocycles. The molecule has 1 N–H and O–H groups in total. The van der Waals surface area contributed by atoms with Crippen molar-refractivity contribution in [2.24, 2.45) is 0 Å². The molecule has 1 aromatic heterocycles. The van der Waals surface area contributed by atoms with Gasteiger partial charge in [-0.25, -0.2) is 4.98 Å². The highest BCUT2D eigenvalue weighted by atomic mass is 32.1. The fraction of sp³-hybridized carbons (Fsp3) is 0.238. The van der Waals surface area contributed by atoms with Crippen molar-refractivity contribution in [3.63, 3.8) is 0 Å². The number of thiazole rings is 1. The Labute approximate surface area is 168 Å². The number of ether oxygens (including phenoxy) is 3. The number of aryl methyl sites for hydroxylation is 1. The van der Waals surface area contributed by atoms with Crippen molar-refractivity contribution < 1.29 is 19.0 Å². The molecule has 0 radical (unpaired) electrons. The number of nitrogens with zero attached hydrogens (tertiary/aromatic N) is 1. The molecule has 2 aromatic carbocycles. The fourth-order valence-electron chi connectivity index (χ4n) is 2.33. The van der Waals surface area contributed by atoms with E-state index in [4.69, 9.17) is 14.2 Å². The van der Waals surface area contributed by atoms with Gasteiger partial charge in [-0.3, -0.25) is 4.79 Å². The third-order valence-electron chi connectivity index (χ3n) is 3.84. The lowest BCUT2D eigenvalue weighted by Crippen LogP contribution is -2.12. The first-order chi connectivity index (χ1) is 13.6. The summed E-state index contributed by atoms with van der Waals surface area (Å²) in [7, 11) is 1.63. The van der Waals surface area contributed by atoms with Gasteiger partial charge in [-0.2, -0.15) is 0 Å². The van der Waals surface area contributed by atoms with E-state index >= 15 is 0 Å². The summed E-state index contributed by atoms with van der Waals surface area (Å²) in [4.78, 5) is 16.7. The number of benzene rings is 2. The molecule has 0 saturated heterocycles. The molecule has 1 amide bonds. The fourth-order valence-corrected chi connectivity index (χ4v) is 3.02. The zero-order chi connectivity index (χ0) is 19.8. The van der Waals surface area contributed by atoms with E-state index in [0.717, 1.165) is 16.5 Å². The van der Waals surface area contributed by atoms with E-state index in [1.807, 2.05) is 31.2 Å². The van der Waals surface area contributed by atoms with Gasteiger partial charge in [0.2, 0.25) is 0 Å². The summed E-state index contributed by atoms with van der Waals surface area (Å²) in [6.45, 7) is 3.36. The van der Waals surface area contributed by atoms with E-state index in [9.17, 15) is 4.79 Å². The lowest BCUT2D eigenvalue weighted by Gasteiger charge is -2.07. The molecular weight excluding hydrogens is 376 g/mol. The largest absolute Gasteiger partial charge is 0.491 e. The van der Waals surface area contributed by atoms with Crippen LogP contribution < -0.4 is 14.8 Å². The van der Waals surface area contributed by atoms with Crippen LogP contribution in [0.1, 0.15) is 21.1 Å². The number of carbonyl (C=O) groups excluding carboxylic acids is 1. The Morgan fingerprint density at radius 1 is 1.00 bits per heavy atom. The van der Waals surface area contributed by atoms with E-state index in [1.165, 1.54) is 16.9 Å². The highest BCUT2D eigenvalue weighted by Crippen LogP contribution is 2.19. The van der Waals surface area contributed by atoms with Crippen molar-refractivity contribution in [1.29, 1.82) is 0 Å². The highest BCUT2D eigenvalue weighted by molar-refractivity contribution is 7.09. The van der Waals surface area contributed by atoms with Crippen LogP contribution in [0, 0.1) is 6.92 Å². The molecule has 146 valence electrons. The van der Waals surface area contributed by atoms with Crippen molar-refractivity contribution in [2.45, 2.75) is 13.5 Å². The summed E-state index contributed by atoms with van der Waals surface area (Å²) in [5.74, 6) is 1.24. The molecule has 0 aliphatic rings. The predicted octanol–water partition coefficient (Wildman–Crippen LogP) is 4.31. The highest BCUT2D eigenvalue weighted by Gasteiger charge is 2.11. The van der Waals surface area contributed by atoms with Gasteiger partial charge in [0.15, 0.2) is 0 Å². The number of rotatable bonds is 9. The molecule has 7 heteroatoms. The molecule has 0 bridgehead atoms. The maximum atomic E-state index is 12.4. The quantitative estimate of drug-likeness (QED) is 0.544. The molecule has 0 atom stereocenters. The van der Waals surface area contributed by atoms with Crippen LogP contribution in [0.15, 0.2) is 53.9 Å². The number of amides is 1. The zero-order valence-corrected chi connectivity index (χ0v) is 16.6. The van der Waals surface area contributed by atoms with Gasteiger partial charge in [-0.1, -0.05) is 17.7 Å². The second kappa shape index (κ2) is 9.87. The van der Waals surface area contributed by atoms with Crippen LogP contribution in [0.4, 0.5) is 5.69 Å². The minimum absolute atomic E-state index is 0.258. The van der Waals surface area contributed by atoms with Crippen molar-refractivity contribution in [3.8, 4) is 11.5 Å². The first-order valence-electron chi connectivity index (χ1n) is 8.81. The lowest BCUT2D eigenvalue weighted by atomic mass is 10.2. The van der Waals surface area contributed by atoms with Crippen molar-refractivity contribution >= 4 is 22.9 Å². The molecule has 0 saturated carbocycles. The Morgan fingerprint density at radius 2 is 1.68 bits per heavy atom. The van der Waals surface area contributed by atoms with Gasteiger partial charge >= 0.3 is 0 Å². The average molecular weight is 398 g/mol. The van der Waals surface area contributed by atoms with Gasteiger partial charge in [-0.05, 0) is 43.3 Å². The summed E-state index contributed by atoms with van der Waals surface area (Å²) < 4.78 is 16.1. The van der Waals surface area contributed by atoms with E-state index in [1.54, 1.807) is 36.8 Å². The van der Waals surface area contributed by atoms with Crippen LogP contribution in [0.5, 0.6) is 11.5 Å². The van der Waals surface area contributed by atoms with Gasteiger partial charge in [0.25, 0.3) is 5.91 Å². The molecule has 3 aromatic rings. The molecule has 0 unspecified atom stereocenters. The Balaban J connectivity index is 1.51. The van der Waals surface area contributed by atoms with Gasteiger partial charge in [0.05, 0.1) is 6.61 Å². The Bertz CT molecular complexity index is 892. The van der Waals surface area contributed by atoms with Crippen LogP contribution in [-0.4, -0.2) is 31.2 Å². The zero-order valence-electron chi connectivity index (χ0n) is 15.8. The standard InChI is InChI=1S/C21H22N2O4S/c1-15-3-7-18(8-4-15)27-13-20-23-19(14-28-20)21(24)22-16-5-9-17(10-6-16)26-12-11-25-2/h3-10,14H,11-13H2,1-2H3,(H,22,24). The summed E-state index contributed by atoms with van der Waals surface area (Å²) >= 11 is 1.40. The maximum absolute atomic E-state index is 12.4. The summed E-state index contributed by atoms with van der Waals surface area (Å²) in [6, 6.07) is 15.0. The molecule has 3 rings (SSSR count). The van der Waals surface area contributed by atoms with Crippen molar-refractivity contribution in [2.75, 3.05) is 25.6 Å². The van der Waals surface area contributed by atoms with Crippen molar-refractivity contribution in [3.05, 3.63) is 70.2 Å². The minimum Gasteiger partial charge on any atom is -0.491 e. The van der Waals surface area contributed by atoms with Gasteiger partial charge in [-0.15, -0.1) is 11.3 Å². The summed E-state index contributed by atoms with van der Waals surface area (Å²) in [5.41, 5.74) is 2.22. The first kappa shape index (κ1) is 19.9. The van der Waals surface area contributed by atoms with Gasteiger partial charge < -0.3 is 19.5 Å². The summed E-state index contributed by atoms with van der Waals surface area (Å²) in [6.07, 6.45) is 0. The van der Waals surface area contributed by atoms with Crippen molar-refractivity contribution in [1.82, 2.24) is 4.98 Å². The van der Waals surface area contributed by atoms with Crippen LogP contribution in [0.3, 0.4) is 0 Å². The van der Waals surface area contributed by atoms with Gasteiger partial charge in [0.1, 0.15) is 35.4 Å². The lowest BCUT2D eigenvalue weighted by molar-refractivity contribution is 0.102. The number of anilines is 1. The number of aromatic nitrogens is 1. The van der Waals surface area contributed by atoms with Gasteiger partial charge in [0, 0.05) is 18.2 Å². The average Bonchev–Trinajstić information content (AvgIpc) is 3.18. The molecule has 0 aliphatic heterocycles. The Hall–Kier alpha value is -2.90.